The first-order chi connectivity index (χ1) is 8.72. The summed E-state index contributed by atoms with van der Waals surface area (Å²) in [5.41, 5.74) is 5.38. The summed E-state index contributed by atoms with van der Waals surface area (Å²) in [5.74, 6) is -0.161. The lowest BCUT2D eigenvalue weighted by molar-refractivity contribution is -0.122. The largest absolute Gasteiger partial charge is 0.384 e. The number of nitrogens with zero attached hydrogens (tertiary/aromatic N) is 1. The summed E-state index contributed by atoms with van der Waals surface area (Å²) in [6, 6.07) is 1.79. The Morgan fingerprint density at radius 3 is 2.42 bits per heavy atom. The SMILES string of the molecule is CC(C)NC(=O)C(C)NS(=O)(=O)c1ccc(N)nc1. The van der Waals surface area contributed by atoms with Gasteiger partial charge in [-0.25, -0.2) is 13.4 Å². The minimum absolute atomic E-state index is 0.0362. The van der Waals surface area contributed by atoms with E-state index < -0.39 is 16.1 Å². The molecule has 1 aromatic rings. The van der Waals surface area contributed by atoms with E-state index >= 15 is 0 Å². The van der Waals surface area contributed by atoms with E-state index in [9.17, 15) is 13.2 Å². The number of amides is 1. The van der Waals surface area contributed by atoms with Crippen LogP contribution in [-0.2, 0) is 14.8 Å². The van der Waals surface area contributed by atoms with Crippen molar-refractivity contribution in [2.24, 2.45) is 0 Å². The highest BCUT2D eigenvalue weighted by Crippen LogP contribution is 2.09. The molecule has 1 aromatic heterocycles. The molecule has 1 heterocycles. The molecule has 0 aliphatic heterocycles. The number of nitrogen functional groups attached to an aromatic ring is 1. The molecule has 1 unspecified atom stereocenters. The van der Waals surface area contributed by atoms with Gasteiger partial charge < -0.3 is 11.1 Å². The van der Waals surface area contributed by atoms with Crippen molar-refractivity contribution in [3.05, 3.63) is 18.3 Å². The summed E-state index contributed by atoms with van der Waals surface area (Å²) in [5, 5.41) is 2.62. The molecule has 0 aliphatic rings. The van der Waals surface area contributed by atoms with E-state index in [1.54, 1.807) is 13.8 Å². The van der Waals surface area contributed by atoms with Crippen molar-refractivity contribution in [1.82, 2.24) is 15.0 Å². The Bertz CT molecular complexity index is 540. The van der Waals surface area contributed by atoms with Crippen LogP contribution < -0.4 is 15.8 Å². The summed E-state index contributed by atoms with van der Waals surface area (Å²) in [7, 11) is -3.79. The summed E-state index contributed by atoms with van der Waals surface area (Å²) < 4.78 is 26.2. The average Bonchev–Trinajstić information content (AvgIpc) is 2.27. The van der Waals surface area contributed by atoms with Gasteiger partial charge in [-0.3, -0.25) is 4.79 Å². The summed E-state index contributed by atoms with van der Waals surface area (Å²) in [4.78, 5) is 15.3. The lowest BCUT2D eigenvalue weighted by atomic mass is 10.3. The number of carbonyl (C=O) groups excluding carboxylic acids is 1. The Labute approximate surface area is 112 Å². The van der Waals surface area contributed by atoms with Gasteiger partial charge in [0.15, 0.2) is 0 Å². The molecule has 0 spiro atoms. The average molecular weight is 286 g/mol. The second-order valence-corrected chi connectivity index (χ2v) is 6.14. The maximum atomic E-state index is 12.0. The topological polar surface area (TPSA) is 114 Å². The summed E-state index contributed by atoms with van der Waals surface area (Å²) in [6.45, 7) is 5.06. The van der Waals surface area contributed by atoms with Crippen molar-refractivity contribution in [1.29, 1.82) is 0 Å². The van der Waals surface area contributed by atoms with Crippen LogP contribution in [0.4, 0.5) is 5.82 Å². The fraction of sp³-hybridized carbons (Fsp3) is 0.455. The number of pyridine rings is 1. The zero-order valence-electron chi connectivity index (χ0n) is 11.0. The van der Waals surface area contributed by atoms with Gasteiger partial charge in [0.2, 0.25) is 15.9 Å². The molecule has 0 aromatic carbocycles. The lowest BCUT2D eigenvalue weighted by Crippen LogP contribution is -2.46. The van der Waals surface area contributed by atoms with Crippen LogP contribution in [0.5, 0.6) is 0 Å². The number of aromatic nitrogens is 1. The molecule has 1 amide bonds. The van der Waals surface area contributed by atoms with Crippen molar-refractivity contribution >= 4 is 21.7 Å². The summed E-state index contributed by atoms with van der Waals surface area (Å²) in [6.07, 6.45) is 1.14. The maximum absolute atomic E-state index is 12.0. The number of nitrogens with one attached hydrogen (secondary N) is 2. The number of anilines is 1. The van der Waals surface area contributed by atoms with E-state index in [1.807, 2.05) is 0 Å². The number of hydrogen-bond acceptors (Lipinski definition) is 5. The first kappa shape index (κ1) is 15.4. The number of hydrogen-bond donors (Lipinski definition) is 3. The van der Waals surface area contributed by atoms with Gasteiger partial charge in [0.05, 0.1) is 6.04 Å². The first-order valence-corrected chi connectivity index (χ1v) is 7.25. The molecule has 0 radical (unpaired) electrons. The Balaban J connectivity index is 2.80. The van der Waals surface area contributed by atoms with Gasteiger partial charge in [-0.15, -0.1) is 0 Å². The lowest BCUT2D eigenvalue weighted by Gasteiger charge is -2.16. The van der Waals surface area contributed by atoms with E-state index in [-0.39, 0.29) is 22.7 Å². The second-order valence-electron chi connectivity index (χ2n) is 4.43. The third-order valence-electron chi connectivity index (χ3n) is 2.23. The molecule has 0 saturated heterocycles. The predicted molar refractivity (Wildman–Crippen MR) is 71.7 cm³/mol. The van der Waals surface area contributed by atoms with Crippen LogP contribution in [0.3, 0.4) is 0 Å². The summed E-state index contributed by atoms with van der Waals surface area (Å²) >= 11 is 0. The second kappa shape index (κ2) is 5.98. The molecule has 1 rings (SSSR count). The molecule has 4 N–H and O–H groups in total. The van der Waals surface area contributed by atoms with Crippen molar-refractivity contribution in [3.63, 3.8) is 0 Å². The van der Waals surface area contributed by atoms with Gasteiger partial charge in [0.25, 0.3) is 0 Å². The zero-order chi connectivity index (χ0) is 14.6. The normalized spacial score (nSPS) is 13.3. The van der Waals surface area contributed by atoms with Crippen LogP contribution >= 0.6 is 0 Å². The monoisotopic (exact) mass is 286 g/mol. The van der Waals surface area contributed by atoms with Gasteiger partial charge in [0, 0.05) is 12.2 Å². The van der Waals surface area contributed by atoms with Crippen molar-refractivity contribution in [2.75, 3.05) is 5.73 Å². The molecule has 0 saturated carbocycles. The van der Waals surface area contributed by atoms with Crippen molar-refractivity contribution in [2.45, 2.75) is 37.8 Å². The minimum atomic E-state index is -3.79. The van der Waals surface area contributed by atoms with Gasteiger partial charge in [0.1, 0.15) is 10.7 Å². The van der Waals surface area contributed by atoms with Crippen LogP contribution in [0, 0.1) is 0 Å². The molecule has 0 aliphatic carbocycles. The zero-order valence-corrected chi connectivity index (χ0v) is 11.9. The van der Waals surface area contributed by atoms with Crippen LogP contribution in [0.1, 0.15) is 20.8 Å². The van der Waals surface area contributed by atoms with Crippen molar-refractivity contribution in [3.8, 4) is 0 Å². The minimum Gasteiger partial charge on any atom is -0.384 e. The molecule has 19 heavy (non-hydrogen) atoms. The number of nitrogens with two attached hydrogens (primary N) is 1. The number of sulfonamides is 1. The molecule has 7 nitrogen and oxygen atoms in total. The highest BCUT2D eigenvalue weighted by molar-refractivity contribution is 7.89. The third-order valence-corrected chi connectivity index (χ3v) is 3.75. The number of carbonyl (C=O) groups is 1. The maximum Gasteiger partial charge on any atom is 0.242 e. The highest BCUT2D eigenvalue weighted by Gasteiger charge is 2.22. The molecule has 0 bridgehead atoms. The molecule has 1 atom stereocenters. The molecule has 8 heteroatoms. The molecular formula is C11H18N4O3S. The fourth-order valence-corrected chi connectivity index (χ4v) is 2.46. The van der Waals surface area contributed by atoms with Gasteiger partial charge in [-0.2, -0.15) is 4.72 Å². The smallest absolute Gasteiger partial charge is 0.242 e. The van der Waals surface area contributed by atoms with Crippen LogP contribution in [-0.4, -0.2) is 31.4 Å². The van der Waals surface area contributed by atoms with Gasteiger partial charge in [-0.1, -0.05) is 0 Å². The van der Waals surface area contributed by atoms with E-state index in [2.05, 4.69) is 15.0 Å². The highest BCUT2D eigenvalue weighted by atomic mass is 32.2. The van der Waals surface area contributed by atoms with Crippen LogP contribution in [0.15, 0.2) is 23.2 Å². The van der Waals surface area contributed by atoms with Gasteiger partial charge >= 0.3 is 0 Å². The standard InChI is InChI=1S/C11H18N4O3S/c1-7(2)14-11(16)8(3)15-19(17,18)9-4-5-10(12)13-6-9/h4-8,15H,1-3H3,(H2,12,13)(H,14,16). The quantitative estimate of drug-likeness (QED) is 0.696. The van der Waals surface area contributed by atoms with E-state index in [0.29, 0.717) is 0 Å². The molecule has 0 fully saturated rings. The Hall–Kier alpha value is -1.67. The Morgan fingerprint density at radius 1 is 1.32 bits per heavy atom. The first-order valence-electron chi connectivity index (χ1n) is 5.76. The Kier molecular flexibility index (Phi) is 4.84. The van der Waals surface area contributed by atoms with Crippen LogP contribution in [0.25, 0.3) is 0 Å². The van der Waals surface area contributed by atoms with Gasteiger partial charge in [-0.05, 0) is 32.9 Å². The Morgan fingerprint density at radius 2 is 1.95 bits per heavy atom. The van der Waals surface area contributed by atoms with Crippen molar-refractivity contribution < 1.29 is 13.2 Å². The predicted octanol–water partition coefficient (Wildman–Crippen LogP) is -0.145. The third kappa shape index (κ3) is 4.49. The van der Waals surface area contributed by atoms with E-state index in [4.69, 9.17) is 5.73 Å². The van der Waals surface area contributed by atoms with E-state index in [0.717, 1.165) is 6.20 Å². The number of rotatable bonds is 5. The fourth-order valence-electron chi connectivity index (χ4n) is 1.31. The van der Waals surface area contributed by atoms with E-state index in [1.165, 1.54) is 19.1 Å². The molecule has 106 valence electrons. The van der Waals surface area contributed by atoms with Crippen LogP contribution in [0.2, 0.25) is 0 Å². The molecular weight excluding hydrogens is 268 g/mol.